The van der Waals surface area contributed by atoms with Crippen molar-refractivity contribution in [3.8, 4) is 0 Å². The third-order valence-corrected chi connectivity index (χ3v) is 2.57. The number of hydrogen-bond acceptors (Lipinski definition) is 5. The van der Waals surface area contributed by atoms with Gasteiger partial charge in [-0.1, -0.05) is 30.3 Å². The Morgan fingerprint density at radius 2 is 2.00 bits per heavy atom. The van der Waals surface area contributed by atoms with Gasteiger partial charge in [0.1, 0.15) is 6.61 Å². The summed E-state index contributed by atoms with van der Waals surface area (Å²) >= 11 is 0. The van der Waals surface area contributed by atoms with Gasteiger partial charge in [-0.3, -0.25) is 0 Å². The first-order chi connectivity index (χ1) is 8.65. The molecule has 0 fully saturated rings. The second-order valence-electron chi connectivity index (χ2n) is 4.07. The Labute approximate surface area is 106 Å². The SMILES string of the molecule is NC(CCCO)C(O)C(=O)OCc1ccccc1. The topological polar surface area (TPSA) is 92.8 Å². The molecule has 0 heterocycles. The Bertz CT molecular complexity index is 355. The number of aliphatic hydroxyl groups is 2. The Morgan fingerprint density at radius 1 is 1.33 bits per heavy atom. The van der Waals surface area contributed by atoms with Gasteiger partial charge in [0.25, 0.3) is 0 Å². The molecule has 0 radical (unpaired) electrons. The van der Waals surface area contributed by atoms with Crippen molar-refractivity contribution < 1.29 is 19.7 Å². The van der Waals surface area contributed by atoms with Crippen LogP contribution in [0.3, 0.4) is 0 Å². The number of aliphatic hydroxyl groups excluding tert-OH is 2. The van der Waals surface area contributed by atoms with Crippen LogP contribution in [-0.2, 0) is 16.1 Å². The van der Waals surface area contributed by atoms with Crippen molar-refractivity contribution in [2.45, 2.75) is 31.6 Å². The molecule has 2 unspecified atom stereocenters. The van der Waals surface area contributed by atoms with Gasteiger partial charge in [-0.2, -0.15) is 0 Å². The van der Waals surface area contributed by atoms with Crippen LogP contribution >= 0.6 is 0 Å². The lowest BCUT2D eigenvalue weighted by molar-refractivity contribution is -0.156. The Morgan fingerprint density at radius 3 is 2.61 bits per heavy atom. The molecule has 4 N–H and O–H groups in total. The van der Waals surface area contributed by atoms with E-state index in [-0.39, 0.29) is 13.2 Å². The maximum atomic E-state index is 11.5. The van der Waals surface area contributed by atoms with E-state index in [1.165, 1.54) is 0 Å². The summed E-state index contributed by atoms with van der Waals surface area (Å²) in [6.07, 6.45) is -0.525. The summed E-state index contributed by atoms with van der Waals surface area (Å²) in [7, 11) is 0. The monoisotopic (exact) mass is 253 g/mol. The van der Waals surface area contributed by atoms with Gasteiger partial charge in [-0.05, 0) is 18.4 Å². The van der Waals surface area contributed by atoms with Gasteiger partial charge < -0.3 is 20.7 Å². The lowest BCUT2D eigenvalue weighted by Crippen LogP contribution is -2.41. The summed E-state index contributed by atoms with van der Waals surface area (Å²) in [5, 5.41) is 18.2. The summed E-state index contributed by atoms with van der Waals surface area (Å²) in [6.45, 7) is 0.100. The fourth-order valence-electron chi connectivity index (χ4n) is 1.47. The minimum absolute atomic E-state index is 0.0144. The second kappa shape index (κ2) is 7.81. The maximum Gasteiger partial charge on any atom is 0.336 e. The van der Waals surface area contributed by atoms with Gasteiger partial charge in [-0.25, -0.2) is 4.79 Å². The molecule has 2 atom stereocenters. The molecule has 0 aromatic heterocycles. The van der Waals surface area contributed by atoms with E-state index in [1.807, 2.05) is 30.3 Å². The highest BCUT2D eigenvalue weighted by Crippen LogP contribution is 2.05. The van der Waals surface area contributed by atoms with Crippen molar-refractivity contribution in [1.82, 2.24) is 0 Å². The predicted octanol–water partition coefficient (Wildman–Crippen LogP) is 0.190. The first-order valence-electron chi connectivity index (χ1n) is 5.90. The second-order valence-corrected chi connectivity index (χ2v) is 4.07. The molecule has 1 aromatic carbocycles. The molecule has 100 valence electrons. The minimum Gasteiger partial charge on any atom is -0.459 e. The van der Waals surface area contributed by atoms with Crippen LogP contribution in [0.1, 0.15) is 18.4 Å². The van der Waals surface area contributed by atoms with Crippen LogP contribution in [-0.4, -0.2) is 34.9 Å². The highest BCUT2D eigenvalue weighted by atomic mass is 16.5. The highest BCUT2D eigenvalue weighted by molar-refractivity contribution is 5.75. The van der Waals surface area contributed by atoms with E-state index in [0.717, 1.165) is 5.56 Å². The molecule has 0 bridgehead atoms. The molecule has 0 saturated heterocycles. The Hall–Kier alpha value is -1.43. The van der Waals surface area contributed by atoms with Crippen molar-refractivity contribution in [2.24, 2.45) is 5.73 Å². The summed E-state index contributed by atoms with van der Waals surface area (Å²) in [4.78, 5) is 11.5. The first kappa shape index (κ1) is 14.6. The van der Waals surface area contributed by atoms with Gasteiger partial charge in [0.2, 0.25) is 0 Å². The molecule has 18 heavy (non-hydrogen) atoms. The molecule has 0 saturated carbocycles. The summed E-state index contributed by atoms with van der Waals surface area (Å²) in [6, 6.07) is 8.49. The predicted molar refractivity (Wildman–Crippen MR) is 66.5 cm³/mol. The van der Waals surface area contributed by atoms with Gasteiger partial charge in [0.15, 0.2) is 6.10 Å². The van der Waals surface area contributed by atoms with Crippen molar-refractivity contribution in [3.63, 3.8) is 0 Å². The molecule has 0 amide bonds. The molecule has 0 aliphatic rings. The number of nitrogens with two attached hydrogens (primary N) is 1. The summed E-state index contributed by atoms with van der Waals surface area (Å²) < 4.78 is 4.96. The summed E-state index contributed by atoms with van der Waals surface area (Å²) in [5.74, 6) is -0.732. The van der Waals surface area contributed by atoms with Crippen molar-refractivity contribution in [2.75, 3.05) is 6.61 Å². The minimum atomic E-state index is -1.35. The number of carbonyl (C=O) groups is 1. The van der Waals surface area contributed by atoms with Gasteiger partial charge in [0.05, 0.1) is 0 Å². The first-order valence-corrected chi connectivity index (χ1v) is 5.90. The standard InChI is InChI=1S/C13H19NO4/c14-11(7-4-8-15)12(16)13(17)18-9-10-5-2-1-3-6-10/h1-3,5-6,11-12,15-16H,4,7-9,14H2. The van der Waals surface area contributed by atoms with Gasteiger partial charge in [-0.15, -0.1) is 0 Å². The zero-order valence-electron chi connectivity index (χ0n) is 10.2. The third kappa shape index (κ3) is 4.83. The van der Waals surface area contributed by atoms with Crippen LogP contribution in [0.5, 0.6) is 0 Å². The van der Waals surface area contributed by atoms with Crippen molar-refractivity contribution >= 4 is 5.97 Å². The molecule has 0 aliphatic carbocycles. The van der Waals surface area contributed by atoms with Crippen LogP contribution in [0.2, 0.25) is 0 Å². The van der Waals surface area contributed by atoms with E-state index in [1.54, 1.807) is 0 Å². The van der Waals surface area contributed by atoms with E-state index < -0.39 is 18.1 Å². The van der Waals surface area contributed by atoms with Gasteiger partial charge in [0, 0.05) is 12.6 Å². The molecule has 1 rings (SSSR count). The van der Waals surface area contributed by atoms with E-state index in [2.05, 4.69) is 0 Å². The molecule has 5 heteroatoms. The van der Waals surface area contributed by atoms with Crippen molar-refractivity contribution in [1.29, 1.82) is 0 Å². The summed E-state index contributed by atoms with van der Waals surface area (Å²) in [5.41, 5.74) is 6.46. The van der Waals surface area contributed by atoms with E-state index in [0.29, 0.717) is 12.8 Å². The Kier molecular flexibility index (Phi) is 6.35. The molecule has 1 aromatic rings. The van der Waals surface area contributed by atoms with Gasteiger partial charge >= 0.3 is 5.97 Å². The van der Waals surface area contributed by atoms with Crippen LogP contribution < -0.4 is 5.73 Å². The molecular formula is C13H19NO4. The lowest BCUT2D eigenvalue weighted by Gasteiger charge is -2.17. The lowest BCUT2D eigenvalue weighted by atomic mass is 10.1. The van der Waals surface area contributed by atoms with Crippen LogP contribution in [0.25, 0.3) is 0 Å². The molecule has 5 nitrogen and oxygen atoms in total. The number of esters is 1. The van der Waals surface area contributed by atoms with E-state index in [9.17, 15) is 9.90 Å². The van der Waals surface area contributed by atoms with Crippen LogP contribution in [0.4, 0.5) is 0 Å². The number of benzene rings is 1. The fraction of sp³-hybridized carbons (Fsp3) is 0.462. The smallest absolute Gasteiger partial charge is 0.336 e. The van der Waals surface area contributed by atoms with Crippen LogP contribution in [0, 0.1) is 0 Å². The normalized spacial score (nSPS) is 13.9. The number of hydrogen-bond donors (Lipinski definition) is 3. The van der Waals surface area contributed by atoms with Crippen LogP contribution in [0.15, 0.2) is 30.3 Å². The number of carbonyl (C=O) groups excluding carboxylic acids is 1. The molecule has 0 spiro atoms. The highest BCUT2D eigenvalue weighted by Gasteiger charge is 2.23. The molecule has 0 aliphatic heterocycles. The fourth-order valence-corrected chi connectivity index (χ4v) is 1.47. The zero-order valence-corrected chi connectivity index (χ0v) is 10.2. The zero-order chi connectivity index (χ0) is 13.4. The average Bonchev–Trinajstić information content (AvgIpc) is 2.42. The molecular weight excluding hydrogens is 234 g/mol. The van der Waals surface area contributed by atoms with E-state index in [4.69, 9.17) is 15.6 Å². The third-order valence-electron chi connectivity index (χ3n) is 2.57. The maximum absolute atomic E-state index is 11.5. The quantitative estimate of drug-likeness (QED) is 0.603. The van der Waals surface area contributed by atoms with E-state index >= 15 is 0 Å². The largest absolute Gasteiger partial charge is 0.459 e. The Balaban J connectivity index is 2.36. The average molecular weight is 253 g/mol. The van der Waals surface area contributed by atoms with Crippen molar-refractivity contribution in [3.05, 3.63) is 35.9 Å². The number of rotatable bonds is 7. The number of ether oxygens (including phenoxy) is 1.